The molecule has 2 aromatic rings. The smallest absolute Gasteiger partial charge is 0.326 e. The highest BCUT2D eigenvalue weighted by Crippen LogP contribution is 2.40. The second-order valence-electron chi connectivity index (χ2n) is 7.73. The maximum Gasteiger partial charge on any atom is 0.326 e. The fourth-order valence-electron chi connectivity index (χ4n) is 3.94. The van der Waals surface area contributed by atoms with Crippen molar-refractivity contribution in [2.75, 3.05) is 48.5 Å². The Hall–Kier alpha value is -2.74. The molecule has 2 aliphatic heterocycles. The largest absolute Gasteiger partial charge is 0.480 e. The summed E-state index contributed by atoms with van der Waals surface area (Å²) < 4.78 is 5.39. The van der Waals surface area contributed by atoms with Crippen molar-refractivity contribution in [3.8, 4) is 0 Å². The van der Waals surface area contributed by atoms with Crippen LogP contribution in [0.3, 0.4) is 0 Å². The minimum Gasteiger partial charge on any atom is -0.480 e. The Balaban J connectivity index is 1.59. The monoisotopic (exact) mass is 475 g/mol. The number of fused-ring (bicyclic) bond motifs is 1. The summed E-state index contributed by atoms with van der Waals surface area (Å²) in [7, 11) is 1.68. The van der Waals surface area contributed by atoms with Crippen LogP contribution < -0.4 is 15.1 Å². The van der Waals surface area contributed by atoms with E-state index in [-0.39, 0.29) is 12.3 Å². The molecular formula is C23H23Cl2N3O4. The van der Waals surface area contributed by atoms with E-state index >= 15 is 0 Å². The van der Waals surface area contributed by atoms with Crippen molar-refractivity contribution in [1.82, 2.24) is 0 Å². The van der Waals surface area contributed by atoms with Crippen LogP contribution in [-0.4, -0.2) is 56.4 Å². The van der Waals surface area contributed by atoms with Crippen LogP contribution in [0.2, 0.25) is 10.0 Å². The quantitative estimate of drug-likeness (QED) is 0.646. The maximum absolute atomic E-state index is 13.0. The van der Waals surface area contributed by atoms with Crippen LogP contribution in [0.5, 0.6) is 0 Å². The zero-order valence-electron chi connectivity index (χ0n) is 17.5. The van der Waals surface area contributed by atoms with Gasteiger partial charge in [0.1, 0.15) is 6.04 Å². The van der Waals surface area contributed by atoms with Gasteiger partial charge in [-0.25, -0.2) is 4.79 Å². The molecule has 1 fully saturated rings. The zero-order valence-corrected chi connectivity index (χ0v) is 19.0. The SMILES string of the molecule is CN(C(=O)C=C1CC(C(=O)O)Nc2cc(Cl)cc(Cl)c21)c1ccc(N2CCOCC2)cc1. The number of aliphatic carboxylic acids is 1. The summed E-state index contributed by atoms with van der Waals surface area (Å²) in [6, 6.07) is 10.1. The minimum atomic E-state index is -1.02. The van der Waals surface area contributed by atoms with E-state index in [1.165, 1.54) is 11.0 Å². The van der Waals surface area contributed by atoms with Gasteiger partial charge in [0.2, 0.25) is 0 Å². The highest BCUT2D eigenvalue weighted by molar-refractivity contribution is 6.36. The number of carboxylic acids is 1. The number of ether oxygens (including phenoxy) is 1. The lowest BCUT2D eigenvalue weighted by Crippen LogP contribution is -2.36. The number of anilines is 3. The summed E-state index contributed by atoms with van der Waals surface area (Å²) in [6.07, 6.45) is 1.57. The summed E-state index contributed by atoms with van der Waals surface area (Å²) in [5.41, 5.74) is 3.46. The number of morpholine rings is 1. The highest BCUT2D eigenvalue weighted by Gasteiger charge is 2.29. The average Bonchev–Trinajstić information content (AvgIpc) is 2.78. The van der Waals surface area contributed by atoms with Gasteiger partial charge in [0.15, 0.2) is 0 Å². The van der Waals surface area contributed by atoms with E-state index in [1.807, 2.05) is 24.3 Å². The number of carbonyl (C=O) groups excluding carboxylic acids is 1. The first-order valence-electron chi connectivity index (χ1n) is 10.2. The van der Waals surface area contributed by atoms with Crippen LogP contribution in [0.15, 0.2) is 42.5 Å². The van der Waals surface area contributed by atoms with E-state index in [4.69, 9.17) is 27.9 Å². The number of carbonyl (C=O) groups is 2. The first-order chi connectivity index (χ1) is 15.3. The molecule has 9 heteroatoms. The molecule has 1 unspecified atom stereocenters. The number of carboxylic acid groups (broad SMARTS) is 1. The number of hydrogen-bond acceptors (Lipinski definition) is 5. The molecule has 1 atom stereocenters. The molecule has 168 valence electrons. The Kier molecular flexibility index (Phi) is 6.60. The first-order valence-corrected chi connectivity index (χ1v) is 11.0. The lowest BCUT2D eigenvalue weighted by atomic mass is 9.91. The summed E-state index contributed by atoms with van der Waals surface area (Å²) in [5.74, 6) is -1.29. The van der Waals surface area contributed by atoms with Crippen molar-refractivity contribution in [3.05, 3.63) is 58.1 Å². The van der Waals surface area contributed by atoms with Crippen molar-refractivity contribution >= 4 is 57.7 Å². The number of hydrogen-bond donors (Lipinski definition) is 2. The number of nitrogens with zero attached hydrogens (tertiary/aromatic N) is 2. The molecule has 2 aliphatic rings. The molecule has 1 amide bonds. The molecule has 0 saturated carbocycles. The standard InChI is InChI=1S/C23H23Cl2N3O4/c1-27(16-2-4-17(5-3-16)28-6-8-32-9-7-28)21(29)11-14-10-20(23(30)31)26-19-13-15(24)12-18(25)22(14)19/h2-5,11-13,20,26H,6-10H2,1H3,(H,30,31). The minimum absolute atomic E-state index is 0.124. The lowest BCUT2D eigenvalue weighted by Gasteiger charge is -2.29. The van der Waals surface area contributed by atoms with Gasteiger partial charge in [-0.1, -0.05) is 23.2 Å². The third kappa shape index (κ3) is 4.70. The molecule has 0 aromatic heterocycles. The maximum atomic E-state index is 13.0. The van der Waals surface area contributed by atoms with Gasteiger partial charge in [0.05, 0.1) is 18.2 Å². The molecule has 2 aromatic carbocycles. The zero-order chi connectivity index (χ0) is 22.8. The molecule has 2 N–H and O–H groups in total. The number of amides is 1. The van der Waals surface area contributed by atoms with E-state index in [0.29, 0.717) is 40.1 Å². The average molecular weight is 476 g/mol. The molecule has 32 heavy (non-hydrogen) atoms. The Morgan fingerprint density at radius 3 is 2.53 bits per heavy atom. The van der Waals surface area contributed by atoms with E-state index < -0.39 is 12.0 Å². The molecule has 4 rings (SSSR count). The summed E-state index contributed by atoms with van der Waals surface area (Å²) in [5, 5.41) is 13.2. The van der Waals surface area contributed by atoms with Gasteiger partial charge >= 0.3 is 5.97 Å². The molecule has 0 radical (unpaired) electrons. The number of nitrogens with one attached hydrogen (secondary N) is 1. The Labute approximate surface area is 196 Å². The van der Waals surface area contributed by atoms with Crippen molar-refractivity contribution in [2.45, 2.75) is 12.5 Å². The van der Waals surface area contributed by atoms with Gasteiger partial charge in [0, 0.05) is 60.3 Å². The van der Waals surface area contributed by atoms with Crippen LogP contribution >= 0.6 is 23.2 Å². The number of rotatable bonds is 4. The van der Waals surface area contributed by atoms with Gasteiger partial charge < -0.3 is 25.0 Å². The first kappa shape index (κ1) is 22.5. The Morgan fingerprint density at radius 2 is 1.88 bits per heavy atom. The predicted molar refractivity (Wildman–Crippen MR) is 127 cm³/mol. The fraction of sp³-hybridized carbons (Fsp3) is 0.304. The Bertz CT molecular complexity index is 1070. The highest BCUT2D eigenvalue weighted by atomic mass is 35.5. The van der Waals surface area contributed by atoms with Gasteiger partial charge in [0.25, 0.3) is 5.91 Å². The van der Waals surface area contributed by atoms with Crippen LogP contribution in [-0.2, 0) is 14.3 Å². The van der Waals surface area contributed by atoms with Crippen molar-refractivity contribution < 1.29 is 19.4 Å². The topological polar surface area (TPSA) is 82.1 Å². The van der Waals surface area contributed by atoms with Gasteiger partial charge in [-0.15, -0.1) is 0 Å². The third-order valence-electron chi connectivity index (χ3n) is 5.67. The van der Waals surface area contributed by atoms with E-state index in [1.54, 1.807) is 19.2 Å². The molecule has 1 saturated heterocycles. The van der Waals surface area contributed by atoms with Crippen LogP contribution in [0.1, 0.15) is 12.0 Å². The van der Waals surface area contributed by atoms with Crippen molar-refractivity contribution in [2.24, 2.45) is 0 Å². The molecule has 0 bridgehead atoms. The van der Waals surface area contributed by atoms with Crippen LogP contribution in [0.4, 0.5) is 17.1 Å². The van der Waals surface area contributed by atoms with Crippen LogP contribution in [0, 0.1) is 0 Å². The Morgan fingerprint density at radius 1 is 1.19 bits per heavy atom. The molecular weight excluding hydrogens is 453 g/mol. The third-order valence-corrected chi connectivity index (χ3v) is 6.19. The van der Waals surface area contributed by atoms with Crippen LogP contribution in [0.25, 0.3) is 5.57 Å². The summed E-state index contributed by atoms with van der Waals surface area (Å²) >= 11 is 12.5. The van der Waals surface area contributed by atoms with Crippen molar-refractivity contribution in [3.63, 3.8) is 0 Å². The van der Waals surface area contributed by atoms with Gasteiger partial charge in [-0.3, -0.25) is 4.79 Å². The normalized spacial score (nSPS) is 19.3. The summed E-state index contributed by atoms with van der Waals surface area (Å²) in [6.45, 7) is 3.08. The number of halogens is 2. The van der Waals surface area contributed by atoms with Gasteiger partial charge in [-0.2, -0.15) is 0 Å². The molecule has 7 nitrogen and oxygen atoms in total. The molecule has 2 heterocycles. The second-order valence-corrected chi connectivity index (χ2v) is 8.58. The van der Waals surface area contributed by atoms with E-state index in [2.05, 4.69) is 10.2 Å². The number of benzene rings is 2. The summed E-state index contributed by atoms with van der Waals surface area (Å²) in [4.78, 5) is 28.4. The van der Waals surface area contributed by atoms with Gasteiger partial charge in [-0.05, 0) is 42.0 Å². The predicted octanol–water partition coefficient (Wildman–Crippen LogP) is 4.15. The fourth-order valence-corrected chi connectivity index (χ4v) is 4.55. The molecule has 0 spiro atoms. The van der Waals surface area contributed by atoms with E-state index in [0.717, 1.165) is 24.5 Å². The second kappa shape index (κ2) is 9.40. The van der Waals surface area contributed by atoms with Crippen molar-refractivity contribution in [1.29, 1.82) is 0 Å². The number of likely N-dealkylation sites (N-methyl/N-ethyl adjacent to an activating group) is 1. The van der Waals surface area contributed by atoms with E-state index in [9.17, 15) is 14.7 Å². The molecule has 0 aliphatic carbocycles. The lowest BCUT2D eigenvalue weighted by molar-refractivity contribution is -0.137.